The van der Waals surface area contributed by atoms with Gasteiger partial charge in [0.25, 0.3) is 5.71 Å². The van der Waals surface area contributed by atoms with Gasteiger partial charge in [0.15, 0.2) is 0 Å². The van der Waals surface area contributed by atoms with Crippen LogP contribution in [0.25, 0.3) is 0 Å². The van der Waals surface area contributed by atoms with Crippen LogP contribution in [-0.4, -0.2) is 48.0 Å². The second-order valence-electron chi connectivity index (χ2n) is 5.74. The number of rotatable bonds is 2. The van der Waals surface area contributed by atoms with Crippen molar-refractivity contribution in [2.45, 2.75) is 38.9 Å². The third kappa shape index (κ3) is 2.00. The Kier molecular flexibility index (Phi) is 3.51. The van der Waals surface area contributed by atoms with E-state index in [1.165, 1.54) is 38.1 Å². The van der Waals surface area contributed by atoms with E-state index in [1.54, 1.807) is 13.8 Å². The van der Waals surface area contributed by atoms with Gasteiger partial charge in [-0.15, -0.1) is 5.06 Å². The molecule has 1 atom stereocenters. The predicted molar refractivity (Wildman–Crippen MR) is 73.6 cm³/mol. The fraction of sp³-hybridized carbons (Fsp3) is 0.429. The van der Waals surface area contributed by atoms with Crippen LogP contribution in [0.4, 0.5) is 4.39 Å². The minimum absolute atomic E-state index is 0.109. The molecule has 1 heterocycles. The number of halogens is 1. The van der Waals surface area contributed by atoms with E-state index in [4.69, 9.17) is 5.21 Å². The van der Waals surface area contributed by atoms with Gasteiger partial charge in [-0.1, -0.05) is 5.16 Å². The van der Waals surface area contributed by atoms with Crippen molar-refractivity contribution in [1.29, 1.82) is 0 Å². The summed E-state index contributed by atoms with van der Waals surface area (Å²) < 4.78 is 13.9. The van der Waals surface area contributed by atoms with Gasteiger partial charge in [0.05, 0.1) is 0 Å². The topological polar surface area (TPSA) is 79.3 Å². The second kappa shape index (κ2) is 4.78. The summed E-state index contributed by atoms with van der Waals surface area (Å²) >= 11 is 0. The molecule has 7 heteroatoms. The van der Waals surface area contributed by atoms with E-state index in [-0.39, 0.29) is 5.71 Å². The van der Waals surface area contributed by atoms with Gasteiger partial charge < -0.3 is 10.4 Å². The van der Waals surface area contributed by atoms with E-state index in [1.807, 2.05) is 0 Å². The van der Waals surface area contributed by atoms with Gasteiger partial charge >= 0.3 is 5.66 Å². The Balaban J connectivity index is 2.70. The fourth-order valence-corrected chi connectivity index (χ4v) is 2.70. The number of hydroxylamine groups is 3. The summed E-state index contributed by atoms with van der Waals surface area (Å²) in [5, 5.41) is 34.0. The lowest BCUT2D eigenvalue weighted by molar-refractivity contribution is -0.824. The molecule has 0 radical (unpaired) electrons. The highest BCUT2D eigenvalue weighted by Gasteiger charge is 2.65. The minimum atomic E-state index is -1.43. The number of nitrogens with zero attached hydrogens (tertiary/aromatic N) is 3. The molecule has 1 aromatic rings. The maximum Gasteiger partial charge on any atom is 0.328 e. The molecule has 3 N–H and O–H groups in total. The maximum absolute atomic E-state index is 13.1. The number of hydrogen-bond donors (Lipinski definition) is 3. The van der Waals surface area contributed by atoms with Crippen LogP contribution >= 0.6 is 0 Å². The van der Waals surface area contributed by atoms with Gasteiger partial charge in [-0.2, -0.15) is 0 Å². The summed E-state index contributed by atoms with van der Waals surface area (Å²) in [5.41, 5.74) is -1.37. The van der Waals surface area contributed by atoms with Gasteiger partial charge in [-0.3, -0.25) is 5.21 Å². The monoisotopic (exact) mass is 296 g/mol. The molecule has 0 aromatic heterocycles. The number of hydrogen-bond acceptors (Lipinski definition) is 5. The van der Waals surface area contributed by atoms with Crippen LogP contribution in [-0.2, 0) is 0 Å². The second-order valence-corrected chi connectivity index (χ2v) is 5.74. The molecular formula is C14H19FN3O3+. The molecule has 1 aliphatic heterocycles. The van der Waals surface area contributed by atoms with E-state index >= 15 is 0 Å². The van der Waals surface area contributed by atoms with Crippen molar-refractivity contribution in [2.24, 2.45) is 5.16 Å². The lowest BCUT2D eigenvalue weighted by Crippen LogP contribution is -2.57. The van der Waals surface area contributed by atoms with Crippen molar-refractivity contribution in [1.82, 2.24) is 5.06 Å². The molecule has 1 aromatic carbocycles. The average molecular weight is 296 g/mol. The van der Waals surface area contributed by atoms with E-state index in [9.17, 15) is 14.8 Å². The Morgan fingerprint density at radius 1 is 1.24 bits per heavy atom. The Morgan fingerprint density at radius 3 is 2.24 bits per heavy atom. The van der Waals surface area contributed by atoms with Crippen molar-refractivity contribution in [3.63, 3.8) is 0 Å². The molecule has 0 saturated heterocycles. The van der Waals surface area contributed by atoms with Crippen molar-refractivity contribution in [3.05, 3.63) is 35.6 Å². The standard InChI is InChI=1S/C14H18FN3O3/c1-9(16-19)14(4)17(20)12(13(2,3)18(14)21)10-5-7-11(15)8-6-10/h5-8,21H,1-4H3,(H-,19,20)/p+1. The molecule has 0 bridgehead atoms. The molecule has 0 saturated carbocycles. The maximum atomic E-state index is 13.1. The van der Waals surface area contributed by atoms with Gasteiger partial charge in [-0.25, -0.2) is 4.39 Å². The van der Waals surface area contributed by atoms with Crippen molar-refractivity contribution in [2.75, 3.05) is 0 Å². The summed E-state index contributed by atoms with van der Waals surface area (Å²) in [4.78, 5) is 0. The highest BCUT2D eigenvalue weighted by atomic mass is 19.1. The third-order valence-electron chi connectivity index (χ3n) is 4.10. The van der Waals surface area contributed by atoms with Crippen molar-refractivity contribution in [3.8, 4) is 0 Å². The zero-order chi connectivity index (χ0) is 16.0. The van der Waals surface area contributed by atoms with Gasteiger partial charge in [0.1, 0.15) is 17.1 Å². The summed E-state index contributed by atoms with van der Waals surface area (Å²) in [6.45, 7) is 6.39. The molecular weight excluding hydrogens is 277 g/mol. The van der Waals surface area contributed by atoms with E-state index in [2.05, 4.69) is 5.16 Å². The van der Waals surface area contributed by atoms with Gasteiger partial charge in [0, 0.05) is 17.2 Å². The van der Waals surface area contributed by atoms with Crippen molar-refractivity contribution < 1.29 is 24.8 Å². The molecule has 0 fully saturated rings. The highest BCUT2D eigenvalue weighted by molar-refractivity contribution is 6.06. The molecule has 0 aliphatic carbocycles. The summed E-state index contributed by atoms with van der Waals surface area (Å²) in [5.74, 6) is -0.392. The molecule has 6 nitrogen and oxygen atoms in total. The third-order valence-corrected chi connectivity index (χ3v) is 4.10. The van der Waals surface area contributed by atoms with Crippen LogP contribution in [0.5, 0.6) is 0 Å². The Hall–Kier alpha value is -1.99. The Labute approximate surface area is 122 Å². The first kappa shape index (κ1) is 15.4. The van der Waals surface area contributed by atoms with Crippen molar-refractivity contribution >= 4 is 11.4 Å². The average Bonchev–Trinajstić information content (AvgIpc) is 2.58. The smallest absolute Gasteiger partial charge is 0.328 e. The van der Waals surface area contributed by atoms with Crippen LogP contribution < -0.4 is 0 Å². The SMILES string of the molecule is CC(=NO)C1(C)N(O)C(C)(C)C(c2ccc(F)cc2)=[N+]1O. The van der Waals surface area contributed by atoms with Crippen LogP contribution in [0.2, 0.25) is 0 Å². The lowest BCUT2D eigenvalue weighted by Gasteiger charge is -2.29. The zero-order valence-electron chi connectivity index (χ0n) is 12.4. The fourth-order valence-electron chi connectivity index (χ4n) is 2.70. The Morgan fingerprint density at radius 2 is 1.76 bits per heavy atom. The molecule has 1 unspecified atom stereocenters. The summed E-state index contributed by atoms with van der Waals surface area (Å²) in [7, 11) is 0. The molecule has 0 amide bonds. The molecule has 114 valence electrons. The molecule has 2 rings (SSSR count). The van der Waals surface area contributed by atoms with E-state index in [0.29, 0.717) is 11.3 Å². The van der Waals surface area contributed by atoms with Gasteiger partial charge in [0.2, 0.25) is 0 Å². The quantitative estimate of drug-likeness (QED) is 0.338. The van der Waals surface area contributed by atoms with E-state index < -0.39 is 17.0 Å². The highest BCUT2D eigenvalue weighted by Crippen LogP contribution is 2.35. The van der Waals surface area contributed by atoms with Crippen LogP contribution in [0.1, 0.15) is 33.3 Å². The minimum Gasteiger partial charge on any atom is -0.411 e. The molecule has 1 aliphatic rings. The number of benzene rings is 1. The van der Waals surface area contributed by atoms with Gasteiger partial charge in [-0.05, 0) is 45.0 Å². The summed E-state index contributed by atoms with van der Waals surface area (Å²) in [6.07, 6.45) is 0. The van der Waals surface area contributed by atoms with Crippen LogP contribution in [0.3, 0.4) is 0 Å². The first-order chi connectivity index (χ1) is 9.67. The first-order valence-corrected chi connectivity index (χ1v) is 6.48. The summed E-state index contributed by atoms with van der Waals surface area (Å²) in [6, 6.07) is 5.58. The predicted octanol–water partition coefficient (Wildman–Crippen LogP) is 2.07. The zero-order valence-corrected chi connectivity index (χ0v) is 12.4. The first-order valence-electron chi connectivity index (χ1n) is 6.48. The Bertz CT molecular complexity index is 625. The van der Waals surface area contributed by atoms with Crippen LogP contribution in [0.15, 0.2) is 29.4 Å². The normalized spacial score (nSPS) is 26.5. The largest absolute Gasteiger partial charge is 0.411 e. The van der Waals surface area contributed by atoms with Crippen LogP contribution in [0, 0.1) is 5.82 Å². The molecule has 0 spiro atoms. The number of oxime groups is 1. The molecule has 21 heavy (non-hydrogen) atoms. The lowest BCUT2D eigenvalue weighted by atomic mass is 9.92. The van der Waals surface area contributed by atoms with E-state index in [0.717, 1.165) is 9.80 Å².